The molecule has 1 aromatic heterocycles. The molecule has 1 saturated heterocycles. The van der Waals surface area contributed by atoms with Crippen molar-refractivity contribution in [3.05, 3.63) is 89.7 Å². The van der Waals surface area contributed by atoms with Crippen molar-refractivity contribution >= 4 is 6.09 Å². The van der Waals surface area contributed by atoms with Crippen LogP contribution in [0.4, 0.5) is 4.79 Å². The smallest absolute Gasteiger partial charge is 0.407 e. The van der Waals surface area contributed by atoms with Gasteiger partial charge in [-0.1, -0.05) is 42.2 Å². The minimum absolute atomic E-state index is 0.123. The quantitative estimate of drug-likeness (QED) is 0.672. The molecule has 0 saturated carbocycles. The average molecular weight is 402 g/mol. The number of benzene rings is 2. The van der Waals surface area contributed by atoms with E-state index in [0.29, 0.717) is 12.4 Å². The molecule has 6 heteroatoms. The molecule has 0 unspecified atom stereocenters. The molecule has 3 aromatic rings. The minimum atomic E-state index is -0.387. The number of rotatable bonds is 3. The Morgan fingerprint density at radius 2 is 1.87 bits per heavy atom. The Labute approximate surface area is 175 Å². The predicted molar refractivity (Wildman–Crippen MR) is 113 cm³/mol. The third-order valence-corrected chi connectivity index (χ3v) is 4.28. The van der Waals surface area contributed by atoms with Crippen LogP contribution in [0.2, 0.25) is 0 Å². The van der Waals surface area contributed by atoms with Gasteiger partial charge in [-0.3, -0.25) is 4.98 Å². The molecule has 1 aliphatic heterocycles. The number of pyridine rings is 1. The lowest BCUT2D eigenvalue weighted by Gasteiger charge is -2.07. The lowest BCUT2D eigenvalue weighted by molar-refractivity contribution is 0.177. The Hall–Kier alpha value is -3.98. The van der Waals surface area contributed by atoms with Gasteiger partial charge < -0.3 is 19.5 Å². The highest BCUT2D eigenvalue weighted by molar-refractivity contribution is 5.70. The van der Waals surface area contributed by atoms with E-state index in [0.717, 1.165) is 22.4 Å². The van der Waals surface area contributed by atoms with Crippen molar-refractivity contribution in [2.75, 3.05) is 20.8 Å². The van der Waals surface area contributed by atoms with Gasteiger partial charge >= 0.3 is 6.09 Å². The zero-order valence-electron chi connectivity index (χ0n) is 16.8. The van der Waals surface area contributed by atoms with E-state index in [2.05, 4.69) is 22.1 Å². The van der Waals surface area contributed by atoms with Crippen molar-refractivity contribution in [2.24, 2.45) is 0 Å². The van der Waals surface area contributed by atoms with Crippen LogP contribution in [0.25, 0.3) is 0 Å². The van der Waals surface area contributed by atoms with Crippen LogP contribution in [0.15, 0.2) is 73.1 Å². The first-order valence-corrected chi connectivity index (χ1v) is 9.32. The van der Waals surface area contributed by atoms with Gasteiger partial charge in [0.15, 0.2) is 0 Å². The molecule has 152 valence electrons. The maximum Gasteiger partial charge on any atom is 0.407 e. The maximum absolute atomic E-state index is 11.1. The summed E-state index contributed by atoms with van der Waals surface area (Å²) in [6, 6.07) is 19.0. The van der Waals surface area contributed by atoms with E-state index in [9.17, 15) is 4.79 Å². The summed E-state index contributed by atoms with van der Waals surface area (Å²) in [6.45, 7) is 0.339. The molecule has 1 atom stereocenters. The van der Waals surface area contributed by atoms with E-state index in [1.165, 1.54) is 0 Å². The van der Waals surface area contributed by atoms with E-state index in [1.54, 1.807) is 32.7 Å². The molecular formula is C24H22N2O4. The average Bonchev–Trinajstić information content (AvgIpc) is 3.25. The summed E-state index contributed by atoms with van der Waals surface area (Å²) in [5, 5.41) is 2.75. The Bertz CT molecular complexity index is 1040. The van der Waals surface area contributed by atoms with Crippen LogP contribution in [-0.2, 0) is 4.74 Å². The molecule has 1 amide bonds. The van der Waals surface area contributed by atoms with Gasteiger partial charge in [0.05, 0.1) is 25.8 Å². The summed E-state index contributed by atoms with van der Waals surface area (Å²) in [6.07, 6.45) is 2.94. The van der Waals surface area contributed by atoms with Gasteiger partial charge in [0.25, 0.3) is 0 Å². The molecule has 0 aliphatic carbocycles. The molecule has 0 spiro atoms. The number of para-hydroxylation sites is 1. The normalized spacial score (nSPS) is 14.2. The number of methoxy groups -OCH3 is 2. The monoisotopic (exact) mass is 402 g/mol. The maximum atomic E-state index is 11.1. The molecule has 30 heavy (non-hydrogen) atoms. The first kappa shape index (κ1) is 20.7. The van der Waals surface area contributed by atoms with Crippen LogP contribution in [-0.4, -0.2) is 31.9 Å². The van der Waals surface area contributed by atoms with E-state index in [4.69, 9.17) is 14.2 Å². The number of nitrogens with zero attached hydrogens (tertiary/aromatic N) is 1. The minimum Gasteiger partial charge on any atom is -0.497 e. The molecule has 6 nitrogen and oxygen atoms in total. The molecule has 4 rings (SSSR count). The van der Waals surface area contributed by atoms with Crippen molar-refractivity contribution in [1.82, 2.24) is 10.3 Å². The third-order valence-electron chi connectivity index (χ3n) is 4.28. The lowest BCUT2D eigenvalue weighted by atomic mass is 10.0. The highest BCUT2D eigenvalue weighted by Gasteiger charge is 2.23. The molecule has 2 aromatic carbocycles. The summed E-state index contributed by atoms with van der Waals surface area (Å²) >= 11 is 0. The van der Waals surface area contributed by atoms with Crippen molar-refractivity contribution in [1.29, 1.82) is 0 Å². The van der Waals surface area contributed by atoms with Crippen LogP contribution in [0.1, 0.15) is 22.7 Å². The van der Waals surface area contributed by atoms with Gasteiger partial charge in [0, 0.05) is 18.0 Å². The van der Waals surface area contributed by atoms with Crippen molar-refractivity contribution in [3.63, 3.8) is 0 Å². The fraction of sp³-hybridized carbons (Fsp3) is 0.167. The molecule has 1 N–H and O–H groups in total. The molecular weight excluding hydrogens is 380 g/mol. The Balaban J connectivity index is 0.000000269. The SMILES string of the molecule is COc1ccccc1.COc1ccncc1C#Cc1cccc([C@@H]2COC(=O)N2)c1. The Morgan fingerprint density at radius 1 is 1.03 bits per heavy atom. The number of ether oxygens (including phenoxy) is 3. The van der Waals surface area contributed by atoms with Crippen LogP contribution < -0.4 is 14.8 Å². The number of hydrogen-bond donors (Lipinski definition) is 1. The van der Waals surface area contributed by atoms with Gasteiger partial charge in [-0.25, -0.2) is 4.79 Å². The summed E-state index contributed by atoms with van der Waals surface area (Å²) < 4.78 is 15.1. The van der Waals surface area contributed by atoms with Crippen LogP contribution in [0.3, 0.4) is 0 Å². The zero-order valence-corrected chi connectivity index (χ0v) is 16.8. The number of nitrogens with one attached hydrogen (secondary N) is 1. The largest absolute Gasteiger partial charge is 0.497 e. The van der Waals surface area contributed by atoms with E-state index < -0.39 is 0 Å². The van der Waals surface area contributed by atoms with Crippen molar-refractivity contribution in [2.45, 2.75) is 6.04 Å². The standard InChI is InChI=1S/C17H14N2O3.C7H8O/c1-21-16-7-8-18-10-14(16)6-5-12-3-2-4-13(9-12)15-11-22-17(20)19-15;1-8-7-5-3-2-4-6-7/h2-4,7-10,15H,11H2,1H3,(H,19,20);2-6H,1H3/t15-;/m0./s1. The highest BCUT2D eigenvalue weighted by atomic mass is 16.6. The number of hydrogen-bond acceptors (Lipinski definition) is 5. The fourth-order valence-corrected chi connectivity index (χ4v) is 2.75. The van der Waals surface area contributed by atoms with Crippen LogP contribution in [0, 0.1) is 11.8 Å². The fourth-order valence-electron chi connectivity index (χ4n) is 2.75. The second-order valence-corrected chi connectivity index (χ2v) is 6.26. The Morgan fingerprint density at radius 3 is 2.53 bits per heavy atom. The summed E-state index contributed by atoms with van der Waals surface area (Å²) in [7, 11) is 3.26. The van der Waals surface area contributed by atoms with Gasteiger partial charge in [0.2, 0.25) is 0 Å². The van der Waals surface area contributed by atoms with E-state index in [-0.39, 0.29) is 12.1 Å². The number of cyclic esters (lactones) is 1. The summed E-state index contributed by atoms with van der Waals surface area (Å²) in [4.78, 5) is 15.2. The van der Waals surface area contributed by atoms with Crippen LogP contribution in [0.5, 0.6) is 11.5 Å². The van der Waals surface area contributed by atoms with Gasteiger partial charge in [-0.2, -0.15) is 0 Å². The lowest BCUT2D eigenvalue weighted by Crippen LogP contribution is -2.18. The van der Waals surface area contributed by atoms with E-state index in [1.807, 2.05) is 54.6 Å². The molecule has 0 bridgehead atoms. The van der Waals surface area contributed by atoms with E-state index >= 15 is 0 Å². The molecule has 2 heterocycles. The summed E-state index contributed by atoms with van der Waals surface area (Å²) in [5.74, 6) is 7.74. The second kappa shape index (κ2) is 10.5. The van der Waals surface area contributed by atoms with Crippen LogP contribution >= 0.6 is 0 Å². The number of carbonyl (C=O) groups is 1. The molecule has 0 radical (unpaired) electrons. The Kier molecular flexibility index (Phi) is 7.28. The molecule has 1 fully saturated rings. The first-order valence-electron chi connectivity index (χ1n) is 9.32. The highest BCUT2D eigenvalue weighted by Crippen LogP contribution is 2.19. The van der Waals surface area contributed by atoms with Gasteiger partial charge in [0.1, 0.15) is 18.1 Å². The van der Waals surface area contributed by atoms with Crippen molar-refractivity contribution in [3.8, 4) is 23.3 Å². The number of amides is 1. The summed E-state index contributed by atoms with van der Waals surface area (Å²) in [5.41, 5.74) is 2.55. The number of aromatic nitrogens is 1. The topological polar surface area (TPSA) is 69.7 Å². The number of carbonyl (C=O) groups excluding carboxylic acids is 1. The zero-order chi connectivity index (χ0) is 21.2. The number of alkyl carbamates (subject to hydrolysis) is 1. The predicted octanol–water partition coefficient (Wildman–Crippen LogP) is 3.97. The third kappa shape index (κ3) is 5.76. The van der Waals surface area contributed by atoms with Gasteiger partial charge in [-0.15, -0.1) is 0 Å². The molecule has 1 aliphatic rings. The van der Waals surface area contributed by atoms with Gasteiger partial charge in [-0.05, 0) is 35.9 Å². The first-order chi connectivity index (χ1) is 14.7. The second-order valence-electron chi connectivity index (χ2n) is 6.26. The van der Waals surface area contributed by atoms with Crippen molar-refractivity contribution < 1.29 is 19.0 Å².